The Morgan fingerprint density at radius 2 is 1.85 bits per heavy atom. The summed E-state index contributed by atoms with van der Waals surface area (Å²) in [4.78, 5) is 28.3. The molecule has 0 aromatic carbocycles. The molecule has 1 saturated heterocycles. The molecule has 2 heterocycles. The van der Waals surface area contributed by atoms with Crippen molar-refractivity contribution in [1.82, 2.24) is 19.2 Å². The van der Waals surface area contributed by atoms with Gasteiger partial charge in [0.2, 0.25) is 5.91 Å². The van der Waals surface area contributed by atoms with Crippen LogP contribution in [0, 0.1) is 12.8 Å². The first-order chi connectivity index (χ1) is 12.7. The van der Waals surface area contributed by atoms with Crippen LogP contribution in [0.5, 0.6) is 0 Å². The third-order valence-corrected chi connectivity index (χ3v) is 7.51. The van der Waals surface area contributed by atoms with E-state index in [1.54, 1.807) is 18.5 Å². The van der Waals surface area contributed by atoms with Crippen molar-refractivity contribution in [3.63, 3.8) is 0 Å². The maximum absolute atomic E-state index is 12.7. The number of nitrogens with one attached hydrogen (secondary N) is 1. The number of carboxylic acids is 1. The van der Waals surface area contributed by atoms with E-state index in [4.69, 9.17) is 0 Å². The fraction of sp³-hybridized carbons (Fsp3) is 0.706. The highest BCUT2D eigenvalue weighted by Crippen LogP contribution is 2.31. The fourth-order valence-corrected chi connectivity index (χ4v) is 5.34. The molecule has 1 aromatic heterocycles. The van der Waals surface area contributed by atoms with Gasteiger partial charge in [0, 0.05) is 32.3 Å². The second kappa shape index (κ2) is 7.23. The van der Waals surface area contributed by atoms with Crippen molar-refractivity contribution in [3.05, 3.63) is 12.0 Å². The molecule has 0 bridgehead atoms. The van der Waals surface area contributed by atoms with Gasteiger partial charge in [-0.1, -0.05) is 12.8 Å². The second-order valence-electron chi connectivity index (χ2n) is 7.50. The Morgan fingerprint density at radius 1 is 1.26 bits per heavy atom. The monoisotopic (exact) mass is 398 g/mol. The predicted octanol–water partition coefficient (Wildman–Crippen LogP) is 0.643. The summed E-state index contributed by atoms with van der Waals surface area (Å²) in [5.74, 6) is -1.04. The van der Waals surface area contributed by atoms with Gasteiger partial charge < -0.3 is 15.0 Å². The number of aryl methyl sites for hydroxylation is 2. The lowest BCUT2D eigenvalue weighted by atomic mass is 9.92. The second-order valence-corrected chi connectivity index (χ2v) is 9.38. The minimum atomic E-state index is -3.69. The largest absolute Gasteiger partial charge is 0.480 e. The average molecular weight is 398 g/mol. The fourth-order valence-electron chi connectivity index (χ4n) is 3.85. The molecule has 3 rings (SSSR count). The molecule has 1 saturated carbocycles. The highest BCUT2D eigenvalue weighted by Gasteiger charge is 2.44. The summed E-state index contributed by atoms with van der Waals surface area (Å²) < 4.78 is 28.4. The highest BCUT2D eigenvalue weighted by atomic mass is 32.2. The van der Waals surface area contributed by atoms with E-state index in [1.165, 1.54) is 10.5 Å². The van der Waals surface area contributed by atoms with Crippen LogP contribution < -0.4 is 5.32 Å². The van der Waals surface area contributed by atoms with Crippen LogP contribution in [0.4, 0.5) is 0 Å². The van der Waals surface area contributed by atoms with Gasteiger partial charge in [0.15, 0.2) is 5.03 Å². The molecule has 0 radical (unpaired) electrons. The first kappa shape index (κ1) is 19.8. The first-order valence-electron chi connectivity index (χ1n) is 9.21. The Hall–Kier alpha value is -1.94. The lowest BCUT2D eigenvalue weighted by Gasteiger charge is -2.32. The number of piperidine rings is 1. The Kier molecular flexibility index (Phi) is 5.31. The Labute approximate surface area is 158 Å². The Morgan fingerprint density at radius 3 is 2.33 bits per heavy atom. The van der Waals surface area contributed by atoms with Crippen molar-refractivity contribution in [2.75, 3.05) is 13.1 Å². The molecule has 9 nitrogen and oxygen atoms in total. The van der Waals surface area contributed by atoms with Crippen molar-refractivity contribution < 1.29 is 23.1 Å². The number of carboxylic acid groups (broad SMARTS) is 1. The van der Waals surface area contributed by atoms with E-state index >= 15 is 0 Å². The van der Waals surface area contributed by atoms with Crippen LogP contribution in [0.2, 0.25) is 0 Å². The molecule has 27 heavy (non-hydrogen) atoms. The number of carbonyl (C=O) groups is 2. The van der Waals surface area contributed by atoms with Gasteiger partial charge in [0.05, 0.1) is 0 Å². The third-order valence-electron chi connectivity index (χ3n) is 5.74. The van der Waals surface area contributed by atoms with Gasteiger partial charge in [0.25, 0.3) is 10.0 Å². The summed E-state index contributed by atoms with van der Waals surface area (Å²) in [7, 11) is -1.95. The summed E-state index contributed by atoms with van der Waals surface area (Å²) in [6, 6.07) is 0. The number of imidazole rings is 1. The van der Waals surface area contributed by atoms with Crippen LogP contribution in [0.1, 0.15) is 44.3 Å². The van der Waals surface area contributed by atoms with Gasteiger partial charge in [-0.15, -0.1) is 0 Å². The number of amides is 1. The van der Waals surface area contributed by atoms with E-state index in [-0.39, 0.29) is 29.9 Å². The minimum Gasteiger partial charge on any atom is -0.480 e. The van der Waals surface area contributed by atoms with E-state index in [0.717, 1.165) is 12.8 Å². The van der Waals surface area contributed by atoms with Gasteiger partial charge >= 0.3 is 5.97 Å². The Bertz CT molecular complexity index is 814. The van der Waals surface area contributed by atoms with Crippen LogP contribution >= 0.6 is 0 Å². The SMILES string of the molecule is Cc1nc(S(=O)(=O)N2CCC(C(=O)NC3(C(=O)O)CCCC3)CC2)cn1C. The lowest BCUT2D eigenvalue weighted by molar-refractivity contribution is -0.148. The molecule has 2 aliphatic rings. The molecule has 150 valence electrons. The molecule has 0 unspecified atom stereocenters. The molecular weight excluding hydrogens is 372 g/mol. The van der Waals surface area contributed by atoms with Gasteiger partial charge in [-0.3, -0.25) is 4.79 Å². The maximum Gasteiger partial charge on any atom is 0.329 e. The van der Waals surface area contributed by atoms with E-state index in [9.17, 15) is 23.1 Å². The number of aromatic nitrogens is 2. The van der Waals surface area contributed by atoms with Crippen molar-refractivity contribution >= 4 is 21.9 Å². The molecule has 10 heteroatoms. The van der Waals surface area contributed by atoms with Crippen LogP contribution in [0.15, 0.2) is 11.2 Å². The summed E-state index contributed by atoms with van der Waals surface area (Å²) in [6.07, 6.45) is 4.68. The minimum absolute atomic E-state index is 0.0150. The van der Waals surface area contributed by atoms with Crippen molar-refractivity contribution in [2.24, 2.45) is 13.0 Å². The normalized spacial score (nSPS) is 21.3. The van der Waals surface area contributed by atoms with E-state index in [0.29, 0.717) is 31.5 Å². The molecule has 0 atom stereocenters. The van der Waals surface area contributed by atoms with Crippen LogP contribution in [-0.4, -0.2) is 57.9 Å². The number of sulfonamides is 1. The zero-order valence-electron chi connectivity index (χ0n) is 15.6. The number of rotatable bonds is 5. The molecule has 1 aromatic rings. The summed E-state index contributed by atoms with van der Waals surface area (Å²) in [5, 5.41) is 12.2. The molecule has 1 aliphatic carbocycles. The highest BCUT2D eigenvalue weighted by molar-refractivity contribution is 7.89. The summed E-state index contributed by atoms with van der Waals surface area (Å²) in [6.45, 7) is 2.17. The van der Waals surface area contributed by atoms with Crippen LogP contribution in [0.3, 0.4) is 0 Å². The molecule has 2 N–H and O–H groups in total. The van der Waals surface area contributed by atoms with Gasteiger partial charge in [-0.25, -0.2) is 18.2 Å². The van der Waals surface area contributed by atoms with Crippen molar-refractivity contribution in [2.45, 2.75) is 56.0 Å². The van der Waals surface area contributed by atoms with Crippen LogP contribution in [-0.2, 0) is 26.7 Å². The quantitative estimate of drug-likeness (QED) is 0.751. The predicted molar refractivity (Wildman–Crippen MR) is 96.4 cm³/mol. The third kappa shape index (κ3) is 3.73. The zero-order chi connectivity index (χ0) is 19.8. The maximum atomic E-state index is 12.7. The van der Waals surface area contributed by atoms with E-state index in [1.807, 2.05) is 0 Å². The summed E-state index contributed by atoms with van der Waals surface area (Å²) in [5.41, 5.74) is -1.16. The van der Waals surface area contributed by atoms with Crippen LogP contribution in [0.25, 0.3) is 0 Å². The molecular formula is C17H26N4O5S. The van der Waals surface area contributed by atoms with Gasteiger partial charge in [-0.2, -0.15) is 4.31 Å². The number of nitrogens with zero attached hydrogens (tertiary/aromatic N) is 3. The molecule has 1 aliphatic heterocycles. The number of carbonyl (C=O) groups excluding carboxylic acids is 1. The standard InChI is InChI=1S/C17H26N4O5S/c1-12-18-14(11-20(12)2)27(25,26)21-9-5-13(6-10-21)15(22)19-17(16(23)24)7-3-4-8-17/h11,13H,3-10H2,1-2H3,(H,19,22)(H,23,24). The van der Waals surface area contributed by atoms with Gasteiger partial charge in [-0.05, 0) is 32.6 Å². The summed E-state index contributed by atoms with van der Waals surface area (Å²) >= 11 is 0. The zero-order valence-corrected chi connectivity index (χ0v) is 16.5. The molecule has 0 spiro atoms. The topological polar surface area (TPSA) is 122 Å². The smallest absolute Gasteiger partial charge is 0.329 e. The van der Waals surface area contributed by atoms with Crippen molar-refractivity contribution in [3.8, 4) is 0 Å². The number of hydrogen-bond donors (Lipinski definition) is 2. The number of hydrogen-bond acceptors (Lipinski definition) is 5. The first-order valence-corrected chi connectivity index (χ1v) is 10.7. The van der Waals surface area contributed by atoms with Crippen molar-refractivity contribution in [1.29, 1.82) is 0 Å². The molecule has 1 amide bonds. The number of aliphatic carboxylic acids is 1. The lowest BCUT2D eigenvalue weighted by Crippen LogP contribution is -2.55. The Balaban J connectivity index is 1.63. The molecule has 2 fully saturated rings. The van der Waals surface area contributed by atoms with E-state index in [2.05, 4.69) is 10.3 Å². The van der Waals surface area contributed by atoms with E-state index < -0.39 is 21.5 Å². The average Bonchev–Trinajstić information content (AvgIpc) is 3.23. The van der Waals surface area contributed by atoms with Gasteiger partial charge in [0.1, 0.15) is 11.4 Å².